The smallest absolute Gasteiger partial charge is 0.409 e. The number of nitrogens with two attached hydrogens (primary N) is 1. The van der Waals surface area contributed by atoms with E-state index in [9.17, 15) is 22.8 Å². The number of rotatable bonds is 5. The van der Waals surface area contributed by atoms with Crippen molar-refractivity contribution in [1.82, 2.24) is 4.90 Å². The highest BCUT2D eigenvalue weighted by Crippen LogP contribution is 2.42. The molecule has 0 saturated carbocycles. The lowest BCUT2D eigenvalue weighted by Gasteiger charge is -2.48. The van der Waals surface area contributed by atoms with E-state index in [0.29, 0.717) is 0 Å². The minimum atomic E-state index is -4.49. The summed E-state index contributed by atoms with van der Waals surface area (Å²) in [6.07, 6.45) is -2.88. The average Bonchev–Trinajstić information content (AvgIpc) is 2.80. The highest BCUT2D eigenvalue weighted by atomic mass is 32.2. The molecule has 5 nitrogen and oxygen atoms in total. The van der Waals surface area contributed by atoms with Gasteiger partial charge >= 0.3 is 12.1 Å². The van der Waals surface area contributed by atoms with Crippen molar-refractivity contribution >= 4 is 23.6 Å². The van der Waals surface area contributed by atoms with E-state index in [1.54, 1.807) is 24.3 Å². The van der Waals surface area contributed by atoms with E-state index in [1.165, 1.54) is 11.0 Å². The number of thioether (sulfide) groups is 1. The van der Waals surface area contributed by atoms with Crippen LogP contribution in [0.3, 0.4) is 0 Å². The molecule has 9 heteroatoms. The molecule has 2 aromatic rings. The minimum absolute atomic E-state index is 0.103. The summed E-state index contributed by atoms with van der Waals surface area (Å²) in [4.78, 5) is 26.7. The number of carbonyl (C=O) groups is 2. The topological polar surface area (TPSA) is 72.6 Å². The summed E-state index contributed by atoms with van der Waals surface area (Å²) in [7, 11) is 0. The Balaban J connectivity index is 1.65. The van der Waals surface area contributed by atoms with Crippen LogP contribution in [0.4, 0.5) is 13.2 Å². The lowest BCUT2D eigenvalue weighted by atomic mass is 10.0. The van der Waals surface area contributed by atoms with Crippen molar-refractivity contribution in [1.29, 1.82) is 0 Å². The highest BCUT2D eigenvalue weighted by molar-refractivity contribution is 8.01. The number of esters is 1. The van der Waals surface area contributed by atoms with Gasteiger partial charge in [-0.3, -0.25) is 9.69 Å². The molecule has 2 aliphatic heterocycles. The number of hydrogen-bond donors (Lipinski definition) is 1. The van der Waals surface area contributed by atoms with E-state index in [-0.39, 0.29) is 11.8 Å². The maximum Gasteiger partial charge on any atom is 0.409 e. The Bertz CT molecular complexity index is 1020. The molecule has 0 aromatic heterocycles. The van der Waals surface area contributed by atoms with Gasteiger partial charge < -0.3 is 10.5 Å². The number of ether oxygens (including phenoxy) is 1. The number of carbonyl (C=O) groups excluding carboxylic acids is 2. The molecule has 1 saturated heterocycles. The van der Waals surface area contributed by atoms with E-state index >= 15 is 0 Å². The van der Waals surface area contributed by atoms with E-state index < -0.39 is 40.8 Å². The standard InChI is InChI=1S/C23H19F3N2O3S/c24-23(25,26)12-11-16-13-17(28-20(29)18(27)21(28)32-16)22(30)31-19(14-7-3-1-4-8-14)15-9-5-2-6-10-15/h1-13,16,18-19,21H,27H2/b12-11+/t16?,18?,21-/m1/s1. The summed E-state index contributed by atoms with van der Waals surface area (Å²) >= 11 is 1.08. The Morgan fingerprint density at radius 3 is 2.16 bits per heavy atom. The van der Waals surface area contributed by atoms with Crippen molar-refractivity contribution in [3.05, 3.63) is 95.7 Å². The monoisotopic (exact) mass is 460 g/mol. The number of β-lactam (4-membered cyclic amide) rings is 1. The van der Waals surface area contributed by atoms with Crippen LogP contribution in [-0.4, -0.2) is 39.6 Å². The van der Waals surface area contributed by atoms with Gasteiger partial charge in [-0.25, -0.2) is 4.79 Å². The van der Waals surface area contributed by atoms with Gasteiger partial charge in [-0.05, 0) is 17.2 Å². The molecular formula is C23H19F3N2O3S. The first-order chi connectivity index (χ1) is 15.2. The van der Waals surface area contributed by atoms with Gasteiger partial charge in [-0.15, -0.1) is 11.8 Å². The second-order valence-electron chi connectivity index (χ2n) is 7.28. The van der Waals surface area contributed by atoms with E-state index in [4.69, 9.17) is 10.5 Å². The Morgan fingerprint density at radius 2 is 1.62 bits per heavy atom. The van der Waals surface area contributed by atoms with Gasteiger partial charge in [0, 0.05) is 11.3 Å². The van der Waals surface area contributed by atoms with Gasteiger partial charge in [-0.2, -0.15) is 13.2 Å². The fourth-order valence-corrected chi connectivity index (χ4v) is 4.87. The Morgan fingerprint density at radius 1 is 1.06 bits per heavy atom. The van der Waals surface area contributed by atoms with Gasteiger partial charge in [0.25, 0.3) is 0 Å². The highest BCUT2D eigenvalue weighted by Gasteiger charge is 2.52. The Labute approximate surface area is 186 Å². The van der Waals surface area contributed by atoms with Crippen molar-refractivity contribution in [3.63, 3.8) is 0 Å². The van der Waals surface area contributed by atoms with Gasteiger partial charge in [0.15, 0.2) is 6.10 Å². The maximum atomic E-state index is 13.2. The third-order valence-electron chi connectivity index (χ3n) is 5.08. The molecule has 2 unspecified atom stereocenters. The van der Waals surface area contributed by atoms with E-state index in [2.05, 4.69) is 0 Å². The van der Waals surface area contributed by atoms with E-state index in [0.717, 1.165) is 29.0 Å². The largest absolute Gasteiger partial charge is 0.448 e. The zero-order chi connectivity index (χ0) is 22.9. The van der Waals surface area contributed by atoms with Crippen molar-refractivity contribution in [2.24, 2.45) is 5.73 Å². The molecule has 0 spiro atoms. The molecule has 2 heterocycles. The van der Waals surface area contributed by atoms with Crippen LogP contribution in [0, 0.1) is 0 Å². The molecule has 166 valence electrons. The summed E-state index contributed by atoms with van der Waals surface area (Å²) in [5.41, 5.74) is 7.16. The lowest BCUT2D eigenvalue weighted by molar-refractivity contribution is -0.152. The number of hydrogen-bond acceptors (Lipinski definition) is 5. The maximum absolute atomic E-state index is 13.2. The summed E-state index contributed by atoms with van der Waals surface area (Å²) < 4.78 is 43.7. The van der Waals surface area contributed by atoms with Crippen LogP contribution in [0.5, 0.6) is 0 Å². The summed E-state index contributed by atoms with van der Waals surface area (Å²) in [6, 6.07) is 17.2. The van der Waals surface area contributed by atoms with Gasteiger partial charge in [0.2, 0.25) is 5.91 Å². The molecule has 1 fully saturated rings. The van der Waals surface area contributed by atoms with Crippen LogP contribution in [0.2, 0.25) is 0 Å². The van der Waals surface area contributed by atoms with Crippen LogP contribution < -0.4 is 5.73 Å². The number of benzene rings is 2. The summed E-state index contributed by atoms with van der Waals surface area (Å²) in [6.45, 7) is 0. The third-order valence-corrected chi connectivity index (χ3v) is 6.47. The average molecular weight is 460 g/mol. The molecule has 0 radical (unpaired) electrons. The number of alkyl halides is 3. The molecule has 4 rings (SSSR count). The molecule has 0 aliphatic carbocycles. The second kappa shape index (κ2) is 8.84. The first kappa shape index (κ1) is 22.2. The van der Waals surface area contributed by atoms with Gasteiger partial charge in [0.05, 0.1) is 0 Å². The van der Waals surface area contributed by atoms with Crippen LogP contribution in [0.25, 0.3) is 0 Å². The number of amides is 1. The molecule has 32 heavy (non-hydrogen) atoms. The molecule has 0 bridgehead atoms. The fraction of sp³-hybridized carbons (Fsp3) is 0.217. The van der Waals surface area contributed by atoms with Crippen molar-refractivity contribution < 1.29 is 27.5 Å². The SMILES string of the molecule is NC1C(=O)N2C(C(=O)OC(c3ccccc3)c3ccccc3)=CC(/C=C/C(F)(F)F)S[C@H]12. The van der Waals surface area contributed by atoms with Crippen LogP contribution in [0.1, 0.15) is 17.2 Å². The molecule has 1 amide bonds. The second-order valence-corrected chi connectivity index (χ2v) is 8.58. The first-order valence-electron chi connectivity index (χ1n) is 9.77. The molecular weight excluding hydrogens is 441 g/mol. The van der Waals surface area contributed by atoms with E-state index in [1.807, 2.05) is 36.4 Å². The van der Waals surface area contributed by atoms with Gasteiger partial charge in [-0.1, -0.05) is 66.7 Å². The quantitative estimate of drug-likeness (QED) is 0.416. The van der Waals surface area contributed by atoms with Crippen LogP contribution in [0.15, 0.2) is 84.6 Å². The normalized spacial score (nSPS) is 23.0. The summed E-state index contributed by atoms with van der Waals surface area (Å²) in [5.74, 6) is -1.28. The zero-order valence-electron chi connectivity index (χ0n) is 16.6. The predicted molar refractivity (Wildman–Crippen MR) is 114 cm³/mol. The molecule has 3 atom stereocenters. The predicted octanol–water partition coefficient (Wildman–Crippen LogP) is 3.93. The molecule has 2 N–H and O–H groups in total. The van der Waals surface area contributed by atoms with Gasteiger partial charge in [0.1, 0.15) is 17.1 Å². The zero-order valence-corrected chi connectivity index (χ0v) is 17.4. The van der Waals surface area contributed by atoms with Crippen molar-refractivity contribution in [2.75, 3.05) is 0 Å². The third kappa shape index (κ3) is 4.58. The Hall–Kier alpha value is -3.04. The number of allylic oxidation sites excluding steroid dienone is 1. The summed E-state index contributed by atoms with van der Waals surface area (Å²) in [5, 5.41) is -1.42. The minimum Gasteiger partial charge on any atom is -0.448 e. The van der Waals surface area contributed by atoms with Crippen LogP contribution >= 0.6 is 11.8 Å². The van der Waals surface area contributed by atoms with Crippen molar-refractivity contribution in [3.8, 4) is 0 Å². The molecule has 2 aliphatic rings. The van der Waals surface area contributed by atoms with Crippen LogP contribution in [-0.2, 0) is 14.3 Å². The first-order valence-corrected chi connectivity index (χ1v) is 10.7. The Kier molecular flexibility index (Phi) is 6.12. The van der Waals surface area contributed by atoms with Crippen molar-refractivity contribution in [2.45, 2.75) is 28.9 Å². The molecule has 2 aromatic carbocycles. The lowest BCUT2D eigenvalue weighted by Crippen LogP contribution is -2.68. The number of fused-ring (bicyclic) bond motifs is 1. The fourth-order valence-electron chi connectivity index (χ4n) is 3.55. The number of nitrogens with zero attached hydrogens (tertiary/aromatic N) is 1. The number of halogens is 3.